The van der Waals surface area contributed by atoms with E-state index in [1.165, 1.54) is 17.3 Å². The molecule has 1 heterocycles. The third-order valence-corrected chi connectivity index (χ3v) is 6.16. The van der Waals surface area contributed by atoms with Crippen molar-refractivity contribution < 1.29 is 14.2 Å². The monoisotopic (exact) mass is 329 g/mol. The zero-order valence-electron chi connectivity index (χ0n) is 12.8. The van der Waals surface area contributed by atoms with E-state index in [0.29, 0.717) is 22.5 Å². The normalized spacial score (nSPS) is 18.3. The largest absolute Gasteiger partial charge is 0.493 e. The van der Waals surface area contributed by atoms with Gasteiger partial charge in [0.15, 0.2) is 11.5 Å². The first kappa shape index (κ1) is 16.6. The second-order valence-electron chi connectivity index (χ2n) is 4.73. The van der Waals surface area contributed by atoms with Gasteiger partial charge in [0.25, 0.3) is 0 Å². The van der Waals surface area contributed by atoms with Gasteiger partial charge in [0.05, 0.1) is 21.3 Å². The van der Waals surface area contributed by atoms with Crippen LogP contribution in [0.15, 0.2) is 12.1 Å². The molecule has 1 aliphatic heterocycles. The van der Waals surface area contributed by atoms with E-state index in [9.17, 15) is 0 Å². The van der Waals surface area contributed by atoms with Crippen molar-refractivity contribution in [3.63, 3.8) is 0 Å². The smallest absolute Gasteiger partial charge is 0.203 e. The molecule has 6 heteroatoms. The molecule has 0 bridgehead atoms. The molecule has 1 N–H and O–H groups in total. The lowest BCUT2D eigenvalue weighted by atomic mass is 10.1. The Labute approximate surface area is 135 Å². The number of hydrogen-bond donors (Lipinski definition) is 1. The number of rotatable bonds is 7. The van der Waals surface area contributed by atoms with Gasteiger partial charge in [-0.3, -0.25) is 0 Å². The van der Waals surface area contributed by atoms with Gasteiger partial charge >= 0.3 is 0 Å². The van der Waals surface area contributed by atoms with E-state index in [1.54, 1.807) is 21.3 Å². The van der Waals surface area contributed by atoms with E-state index in [4.69, 9.17) is 14.2 Å². The van der Waals surface area contributed by atoms with Crippen LogP contribution < -0.4 is 19.5 Å². The van der Waals surface area contributed by atoms with Gasteiger partial charge < -0.3 is 19.5 Å². The van der Waals surface area contributed by atoms with Gasteiger partial charge in [0, 0.05) is 35.6 Å². The SMILES string of the molecule is COc1cc(CNCC2CSCCS2)cc(OC)c1OC. The molecule has 0 spiro atoms. The maximum atomic E-state index is 5.38. The second kappa shape index (κ2) is 8.66. The van der Waals surface area contributed by atoms with Crippen molar-refractivity contribution in [2.24, 2.45) is 0 Å². The molecule has 0 radical (unpaired) electrons. The number of benzene rings is 1. The average Bonchev–Trinajstić information content (AvgIpc) is 2.54. The molecule has 1 atom stereocenters. The first-order valence-corrected chi connectivity index (χ1v) is 9.17. The van der Waals surface area contributed by atoms with Crippen molar-refractivity contribution in [2.75, 3.05) is 45.1 Å². The molecular formula is C15H23NO3S2. The van der Waals surface area contributed by atoms with Gasteiger partial charge in [0.1, 0.15) is 0 Å². The summed E-state index contributed by atoms with van der Waals surface area (Å²) in [5.41, 5.74) is 1.14. The first-order chi connectivity index (χ1) is 10.3. The molecule has 1 aliphatic rings. The zero-order chi connectivity index (χ0) is 15.1. The highest BCUT2D eigenvalue weighted by molar-refractivity contribution is 8.06. The molecule has 0 aliphatic carbocycles. The van der Waals surface area contributed by atoms with Crippen LogP contribution >= 0.6 is 23.5 Å². The van der Waals surface area contributed by atoms with E-state index in [-0.39, 0.29) is 0 Å². The van der Waals surface area contributed by atoms with E-state index in [1.807, 2.05) is 23.9 Å². The maximum Gasteiger partial charge on any atom is 0.203 e. The molecule has 1 unspecified atom stereocenters. The van der Waals surface area contributed by atoms with Crippen molar-refractivity contribution in [3.05, 3.63) is 17.7 Å². The van der Waals surface area contributed by atoms with Crippen molar-refractivity contribution in [3.8, 4) is 17.2 Å². The molecule has 4 nitrogen and oxygen atoms in total. The average molecular weight is 329 g/mol. The third-order valence-electron chi connectivity index (χ3n) is 3.31. The predicted molar refractivity (Wildman–Crippen MR) is 91.4 cm³/mol. The summed E-state index contributed by atoms with van der Waals surface area (Å²) in [4.78, 5) is 0. The van der Waals surface area contributed by atoms with Crippen LogP contribution in [-0.2, 0) is 6.54 Å². The highest BCUT2D eigenvalue weighted by Gasteiger charge is 2.15. The van der Waals surface area contributed by atoms with Crippen molar-refractivity contribution in [2.45, 2.75) is 11.8 Å². The summed E-state index contributed by atoms with van der Waals surface area (Å²) >= 11 is 4.12. The molecule has 1 fully saturated rings. The Kier molecular flexibility index (Phi) is 6.86. The Morgan fingerprint density at radius 1 is 1.10 bits per heavy atom. The molecule has 1 saturated heterocycles. The third kappa shape index (κ3) is 4.63. The van der Waals surface area contributed by atoms with Crippen LogP contribution in [0.2, 0.25) is 0 Å². The minimum atomic E-state index is 0.642. The summed E-state index contributed by atoms with van der Waals surface area (Å²) in [5.74, 6) is 5.85. The Hall–Kier alpha value is -0.720. The maximum absolute atomic E-state index is 5.38. The van der Waals surface area contributed by atoms with Crippen LogP contribution in [0.4, 0.5) is 0 Å². The van der Waals surface area contributed by atoms with Crippen LogP contribution in [0, 0.1) is 0 Å². The van der Waals surface area contributed by atoms with Crippen LogP contribution in [0.25, 0.3) is 0 Å². The molecule has 2 rings (SSSR count). The zero-order valence-corrected chi connectivity index (χ0v) is 14.4. The van der Waals surface area contributed by atoms with Crippen LogP contribution in [0.1, 0.15) is 5.56 Å². The second-order valence-corrected chi connectivity index (χ2v) is 7.29. The summed E-state index contributed by atoms with van der Waals surface area (Å²) in [5, 5.41) is 4.24. The molecule has 0 amide bonds. The van der Waals surface area contributed by atoms with Gasteiger partial charge in [0.2, 0.25) is 5.75 Å². The Morgan fingerprint density at radius 3 is 2.33 bits per heavy atom. The lowest BCUT2D eigenvalue weighted by Gasteiger charge is -2.21. The summed E-state index contributed by atoms with van der Waals surface area (Å²) in [6.07, 6.45) is 0. The minimum absolute atomic E-state index is 0.642. The van der Waals surface area contributed by atoms with Gasteiger partial charge in [-0.05, 0) is 17.7 Å². The number of ether oxygens (including phenoxy) is 3. The van der Waals surface area contributed by atoms with E-state index >= 15 is 0 Å². The molecule has 118 valence electrons. The standard InChI is InChI=1S/C15H23NO3S2/c1-17-13-6-11(7-14(18-2)15(13)19-3)8-16-9-12-10-20-4-5-21-12/h6-7,12,16H,4-5,8-10H2,1-3H3. The van der Waals surface area contributed by atoms with E-state index in [2.05, 4.69) is 17.1 Å². The van der Waals surface area contributed by atoms with Gasteiger partial charge in [-0.2, -0.15) is 23.5 Å². The van der Waals surface area contributed by atoms with Crippen LogP contribution in [0.3, 0.4) is 0 Å². The Morgan fingerprint density at radius 2 is 1.81 bits per heavy atom. The summed E-state index contributed by atoms with van der Waals surface area (Å²) in [6, 6.07) is 3.99. The van der Waals surface area contributed by atoms with Gasteiger partial charge in [-0.1, -0.05) is 0 Å². The molecule has 21 heavy (non-hydrogen) atoms. The van der Waals surface area contributed by atoms with Crippen molar-refractivity contribution in [1.29, 1.82) is 0 Å². The highest BCUT2D eigenvalue weighted by atomic mass is 32.2. The fourth-order valence-corrected chi connectivity index (χ4v) is 4.92. The molecule has 0 saturated carbocycles. The van der Waals surface area contributed by atoms with Gasteiger partial charge in [-0.25, -0.2) is 0 Å². The number of nitrogens with one attached hydrogen (secondary N) is 1. The lowest BCUT2D eigenvalue weighted by Crippen LogP contribution is -2.28. The first-order valence-electron chi connectivity index (χ1n) is 6.97. The summed E-state index contributed by atoms with van der Waals surface area (Å²) in [6.45, 7) is 1.84. The van der Waals surface area contributed by atoms with Crippen LogP contribution in [-0.4, -0.2) is 50.4 Å². The number of thioether (sulfide) groups is 2. The molecule has 1 aromatic carbocycles. The Balaban J connectivity index is 1.95. The highest BCUT2D eigenvalue weighted by Crippen LogP contribution is 2.38. The lowest BCUT2D eigenvalue weighted by molar-refractivity contribution is 0.323. The fourth-order valence-electron chi connectivity index (χ4n) is 2.27. The summed E-state index contributed by atoms with van der Waals surface area (Å²) < 4.78 is 16.1. The van der Waals surface area contributed by atoms with Crippen molar-refractivity contribution in [1.82, 2.24) is 5.32 Å². The fraction of sp³-hybridized carbons (Fsp3) is 0.600. The number of methoxy groups -OCH3 is 3. The van der Waals surface area contributed by atoms with E-state index < -0.39 is 0 Å². The minimum Gasteiger partial charge on any atom is -0.493 e. The quantitative estimate of drug-likeness (QED) is 0.829. The Bertz CT molecular complexity index is 426. The number of hydrogen-bond acceptors (Lipinski definition) is 6. The van der Waals surface area contributed by atoms with E-state index in [0.717, 1.165) is 18.7 Å². The molecule has 1 aromatic rings. The van der Waals surface area contributed by atoms with Crippen molar-refractivity contribution >= 4 is 23.5 Å². The molecular weight excluding hydrogens is 306 g/mol. The topological polar surface area (TPSA) is 39.7 Å². The van der Waals surface area contributed by atoms with Crippen LogP contribution in [0.5, 0.6) is 17.2 Å². The summed E-state index contributed by atoms with van der Waals surface area (Å²) in [7, 11) is 4.91. The predicted octanol–water partition coefficient (Wildman–Crippen LogP) is 2.65. The van der Waals surface area contributed by atoms with Gasteiger partial charge in [-0.15, -0.1) is 0 Å². The molecule has 0 aromatic heterocycles.